The summed E-state index contributed by atoms with van der Waals surface area (Å²) in [4.78, 5) is 8.97. The van der Waals surface area contributed by atoms with Crippen molar-refractivity contribution in [2.24, 2.45) is 0 Å². The van der Waals surface area contributed by atoms with Crippen molar-refractivity contribution in [3.63, 3.8) is 0 Å². The SMILES string of the molecule is COc1ncc(-c2ccc3nc(C)c(Cc4ccccc4OC(F)F)n3c2)cc1C. The maximum Gasteiger partial charge on any atom is 0.387 e. The molecule has 154 valence electrons. The number of hydrogen-bond donors (Lipinski definition) is 0. The number of ether oxygens (including phenoxy) is 2. The molecule has 0 saturated carbocycles. The predicted octanol–water partition coefficient (Wildman–Crippen LogP) is 5.21. The Bertz CT molecular complexity index is 1200. The predicted molar refractivity (Wildman–Crippen MR) is 110 cm³/mol. The van der Waals surface area contributed by atoms with Crippen molar-refractivity contribution < 1.29 is 18.3 Å². The van der Waals surface area contributed by atoms with Crippen LogP contribution in [0, 0.1) is 13.8 Å². The summed E-state index contributed by atoms with van der Waals surface area (Å²) < 4.78 is 37.5. The summed E-state index contributed by atoms with van der Waals surface area (Å²) in [7, 11) is 1.59. The second-order valence-corrected chi connectivity index (χ2v) is 7.00. The Hall–Kier alpha value is -3.48. The van der Waals surface area contributed by atoms with Gasteiger partial charge in [0.05, 0.1) is 12.8 Å². The van der Waals surface area contributed by atoms with Crippen molar-refractivity contribution in [3.8, 4) is 22.8 Å². The normalized spacial score (nSPS) is 11.3. The number of fused-ring (bicyclic) bond motifs is 1. The molecule has 4 rings (SSSR count). The first-order valence-electron chi connectivity index (χ1n) is 9.47. The van der Waals surface area contributed by atoms with E-state index in [-0.39, 0.29) is 5.75 Å². The molecule has 0 saturated heterocycles. The van der Waals surface area contributed by atoms with E-state index in [0.717, 1.165) is 33.7 Å². The molecular formula is C23H21F2N3O2. The molecule has 0 radical (unpaired) electrons. The largest absolute Gasteiger partial charge is 0.481 e. The molecular weight excluding hydrogens is 388 g/mol. The summed E-state index contributed by atoms with van der Waals surface area (Å²) in [6.45, 7) is 0.991. The summed E-state index contributed by atoms with van der Waals surface area (Å²) >= 11 is 0. The lowest BCUT2D eigenvalue weighted by atomic mass is 10.1. The molecule has 7 heteroatoms. The van der Waals surface area contributed by atoms with Crippen LogP contribution >= 0.6 is 0 Å². The van der Waals surface area contributed by atoms with E-state index in [1.807, 2.05) is 48.7 Å². The zero-order chi connectivity index (χ0) is 21.3. The van der Waals surface area contributed by atoms with E-state index in [1.165, 1.54) is 0 Å². The Kier molecular flexibility index (Phi) is 5.35. The average molecular weight is 409 g/mol. The van der Waals surface area contributed by atoms with E-state index in [9.17, 15) is 8.78 Å². The van der Waals surface area contributed by atoms with Gasteiger partial charge in [-0.2, -0.15) is 8.78 Å². The highest BCUT2D eigenvalue weighted by Gasteiger charge is 2.15. The van der Waals surface area contributed by atoms with Crippen molar-refractivity contribution in [2.45, 2.75) is 26.9 Å². The lowest BCUT2D eigenvalue weighted by Crippen LogP contribution is -2.05. The van der Waals surface area contributed by atoms with Gasteiger partial charge in [-0.1, -0.05) is 18.2 Å². The smallest absolute Gasteiger partial charge is 0.387 e. The van der Waals surface area contributed by atoms with Crippen molar-refractivity contribution in [3.05, 3.63) is 77.4 Å². The fraction of sp³-hybridized carbons (Fsp3) is 0.217. The molecule has 0 unspecified atom stereocenters. The highest BCUT2D eigenvalue weighted by molar-refractivity contribution is 5.65. The first-order valence-corrected chi connectivity index (χ1v) is 9.47. The van der Waals surface area contributed by atoms with E-state index >= 15 is 0 Å². The molecule has 30 heavy (non-hydrogen) atoms. The fourth-order valence-corrected chi connectivity index (χ4v) is 3.57. The number of pyridine rings is 2. The summed E-state index contributed by atoms with van der Waals surface area (Å²) in [6.07, 6.45) is 4.17. The van der Waals surface area contributed by atoms with E-state index in [2.05, 4.69) is 9.97 Å². The number of halogens is 2. The lowest BCUT2D eigenvalue weighted by molar-refractivity contribution is -0.0503. The molecule has 0 aliphatic carbocycles. The summed E-state index contributed by atoms with van der Waals surface area (Å²) in [5, 5.41) is 0. The van der Waals surface area contributed by atoms with Crippen LogP contribution in [0.1, 0.15) is 22.5 Å². The van der Waals surface area contributed by atoms with Crippen molar-refractivity contribution in [1.29, 1.82) is 0 Å². The number of nitrogens with zero attached hydrogens (tertiary/aromatic N) is 3. The molecule has 0 atom stereocenters. The van der Waals surface area contributed by atoms with Gasteiger partial charge < -0.3 is 13.9 Å². The van der Waals surface area contributed by atoms with Crippen LogP contribution in [0.2, 0.25) is 0 Å². The summed E-state index contributed by atoms with van der Waals surface area (Å²) in [6, 6.07) is 12.8. The molecule has 0 spiro atoms. The Morgan fingerprint density at radius 3 is 2.60 bits per heavy atom. The van der Waals surface area contributed by atoms with Gasteiger partial charge in [-0.05, 0) is 38.1 Å². The highest BCUT2D eigenvalue weighted by Crippen LogP contribution is 2.28. The van der Waals surface area contributed by atoms with E-state index < -0.39 is 6.61 Å². The zero-order valence-electron chi connectivity index (χ0n) is 16.9. The molecule has 0 fully saturated rings. The second kappa shape index (κ2) is 8.10. The minimum atomic E-state index is -2.87. The number of benzene rings is 1. The molecule has 3 aromatic heterocycles. The number of aromatic nitrogens is 3. The number of hydrogen-bond acceptors (Lipinski definition) is 4. The standard InChI is InChI=1S/C23H21F2N3O2/c1-14-10-18(12-26-22(14)29-3)17-8-9-21-27-15(2)19(28(21)13-17)11-16-6-4-5-7-20(16)30-23(24)25/h4-10,12-13,23H,11H2,1-3H3. The Morgan fingerprint density at radius 2 is 1.87 bits per heavy atom. The van der Waals surface area contributed by atoms with Crippen LogP contribution in [-0.2, 0) is 6.42 Å². The van der Waals surface area contributed by atoms with Gasteiger partial charge in [-0.15, -0.1) is 0 Å². The molecule has 0 aliphatic heterocycles. The van der Waals surface area contributed by atoms with Gasteiger partial charge in [0.15, 0.2) is 0 Å². The number of rotatable bonds is 6. The number of imidazole rings is 1. The molecule has 0 N–H and O–H groups in total. The van der Waals surface area contributed by atoms with E-state index in [1.54, 1.807) is 31.5 Å². The number of aryl methyl sites for hydroxylation is 2. The third kappa shape index (κ3) is 3.83. The van der Waals surface area contributed by atoms with Crippen LogP contribution in [0.5, 0.6) is 11.6 Å². The molecule has 4 aromatic rings. The van der Waals surface area contributed by atoms with Crippen LogP contribution in [0.3, 0.4) is 0 Å². The van der Waals surface area contributed by atoms with E-state index in [4.69, 9.17) is 9.47 Å². The monoisotopic (exact) mass is 409 g/mol. The number of methoxy groups -OCH3 is 1. The second-order valence-electron chi connectivity index (χ2n) is 7.00. The van der Waals surface area contributed by atoms with Crippen LogP contribution in [0.15, 0.2) is 54.9 Å². The highest BCUT2D eigenvalue weighted by atomic mass is 19.3. The fourth-order valence-electron chi connectivity index (χ4n) is 3.57. The lowest BCUT2D eigenvalue weighted by Gasteiger charge is -2.12. The van der Waals surface area contributed by atoms with Gasteiger partial charge in [0.2, 0.25) is 5.88 Å². The van der Waals surface area contributed by atoms with Gasteiger partial charge in [0.25, 0.3) is 0 Å². The Morgan fingerprint density at radius 1 is 1.07 bits per heavy atom. The van der Waals surface area contributed by atoms with Crippen LogP contribution in [0.4, 0.5) is 8.78 Å². The number of para-hydroxylation sites is 1. The first-order chi connectivity index (χ1) is 14.5. The van der Waals surface area contributed by atoms with Crippen molar-refractivity contribution in [2.75, 3.05) is 7.11 Å². The molecule has 3 heterocycles. The van der Waals surface area contributed by atoms with Gasteiger partial charge in [0.1, 0.15) is 11.4 Å². The van der Waals surface area contributed by atoms with Crippen molar-refractivity contribution in [1.82, 2.24) is 14.4 Å². The number of alkyl halides is 2. The molecule has 0 aliphatic rings. The van der Waals surface area contributed by atoms with E-state index in [0.29, 0.717) is 17.9 Å². The van der Waals surface area contributed by atoms with Crippen LogP contribution < -0.4 is 9.47 Å². The minimum absolute atomic E-state index is 0.174. The average Bonchev–Trinajstić information content (AvgIpc) is 3.03. The van der Waals surface area contributed by atoms with Crippen LogP contribution in [0.25, 0.3) is 16.8 Å². The first kappa shape index (κ1) is 19.8. The third-order valence-electron chi connectivity index (χ3n) is 5.02. The molecule has 1 aromatic carbocycles. The maximum absolute atomic E-state index is 12.8. The van der Waals surface area contributed by atoms with Crippen molar-refractivity contribution >= 4 is 5.65 Å². The Labute approximate surface area is 172 Å². The molecule has 5 nitrogen and oxygen atoms in total. The van der Waals surface area contributed by atoms with Crippen LogP contribution in [-0.4, -0.2) is 28.1 Å². The summed E-state index contributed by atoms with van der Waals surface area (Å²) in [5.74, 6) is 0.766. The molecule has 0 amide bonds. The maximum atomic E-state index is 12.8. The molecule has 0 bridgehead atoms. The Balaban J connectivity index is 1.76. The van der Waals surface area contributed by atoms with Gasteiger partial charge in [-0.25, -0.2) is 9.97 Å². The quantitative estimate of drug-likeness (QED) is 0.438. The van der Waals surface area contributed by atoms with Gasteiger partial charge >= 0.3 is 6.61 Å². The summed E-state index contributed by atoms with van der Waals surface area (Å²) in [5.41, 5.74) is 6.07. The topological polar surface area (TPSA) is 48.7 Å². The minimum Gasteiger partial charge on any atom is -0.481 e. The van der Waals surface area contributed by atoms with Gasteiger partial charge in [0, 0.05) is 46.8 Å². The zero-order valence-corrected chi connectivity index (χ0v) is 16.9. The third-order valence-corrected chi connectivity index (χ3v) is 5.02. The van der Waals surface area contributed by atoms with Gasteiger partial charge in [-0.3, -0.25) is 0 Å².